The van der Waals surface area contributed by atoms with E-state index in [9.17, 15) is 13.6 Å². The number of esters is 1. The van der Waals surface area contributed by atoms with Gasteiger partial charge in [-0.15, -0.1) is 0 Å². The zero-order chi connectivity index (χ0) is 22.7. The first-order valence-electron chi connectivity index (χ1n) is 9.93. The number of rotatable bonds is 7. The van der Waals surface area contributed by atoms with Crippen molar-refractivity contribution in [1.82, 2.24) is 19.7 Å². The summed E-state index contributed by atoms with van der Waals surface area (Å²) in [4.78, 5) is 21.2. The molecule has 0 radical (unpaired) electrons. The maximum absolute atomic E-state index is 13.1. The molecule has 32 heavy (non-hydrogen) atoms. The molecule has 2 aromatic heterocycles. The highest BCUT2D eigenvalue weighted by atomic mass is 19.3. The molecule has 0 aliphatic rings. The smallest absolute Gasteiger partial charge is 0.341 e. The molecular formula is C23H20F2N4O3. The minimum Gasteiger partial charge on any atom is -0.496 e. The largest absolute Gasteiger partial charge is 0.496 e. The molecule has 0 saturated heterocycles. The van der Waals surface area contributed by atoms with Crippen LogP contribution in [0.5, 0.6) is 5.75 Å². The van der Waals surface area contributed by atoms with Gasteiger partial charge >= 0.3 is 5.97 Å². The number of fused-ring (bicyclic) bond motifs is 1. The first-order chi connectivity index (χ1) is 15.5. The van der Waals surface area contributed by atoms with E-state index < -0.39 is 18.9 Å². The number of alkyl halides is 2. The molecule has 0 atom stereocenters. The Labute approximate surface area is 182 Å². The number of benzene rings is 2. The van der Waals surface area contributed by atoms with Crippen molar-refractivity contribution in [1.29, 1.82) is 0 Å². The van der Waals surface area contributed by atoms with E-state index in [4.69, 9.17) is 9.47 Å². The van der Waals surface area contributed by atoms with Gasteiger partial charge in [0.2, 0.25) is 0 Å². The molecule has 7 nitrogen and oxygen atoms in total. The third-order valence-electron chi connectivity index (χ3n) is 4.84. The van der Waals surface area contributed by atoms with Crippen LogP contribution in [0.25, 0.3) is 33.4 Å². The van der Waals surface area contributed by atoms with E-state index in [0.29, 0.717) is 33.6 Å². The van der Waals surface area contributed by atoms with Crippen molar-refractivity contribution in [2.45, 2.75) is 19.9 Å². The summed E-state index contributed by atoms with van der Waals surface area (Å²) in [7, 11) is 1.45. The molecule has 4 aromatic rings. The van der Waals surface area contributed by atoms with Gasteiger partial charge in [-0.05, 0) is 13.0 Å². The summed E-state index contributed by atoms with van der Waals surface area (Å²) >= 11 is 0. The Balaban J connectivity index is 1.96. The highest BCUT2D eigenvalue weighted by Gasteiger charge is 2.21. The number of hydrogen-bond donors (Lipinski definition) is 0. The van der Waals surface area contributed by atoms with Crippen LogP contribution in [0.1, 0.15) is 17.3 Å². The van der Waals surface area contributed by atoms with Gasteiger partial charge in [0.25, 0.3) is 6.43 Å². The minimum absolute atomic E-state index is 0.205. The number of halogens is 2. The van der Waals surface area contributed by atoms with E-state index in [1.165, 1.54) is 24.3 Å². The van der Waals surface area contributed by atoms with Gasteiger partial charge < -0.3 is 9.47 Å². The van der Waals surface area contributed by atoms with E-state index in [1.807, 2.05) is 30.3 Å². The molecule has 0 aliphatic heterocycles. The predicted molar refractivity (Wildman–Crippen MR) is 115 cm³/mol. The van der Waals surface area contributed by atoms with Crippen molar-refractivity contribution in [3.63, 3.8) is 0 Å². The van der Waals surface area contributed by atoms with Crippen LogP contribution in [0.2, 0.25) is 0 Å². The normalized spacial score (nSPS) is 11.2. The second-order valence-electron chi connectivity index (χ2n) is 6.88. The average Bonchev–Trinajstić information content (AvgIpc) is 3.21. The molecule has 164 valence electrons. The second kappa shape index (κ2) is 9.09. The summed E-state index contributed by atoms with van der Waals surface area (Å²) in [6, 6.07) is 12.4. The number of carbonyl (C=O) groups excluding carboxylic acids is 1. The molecule has 0 bridgehead atoms. The van der Waals surface area contributed by atoms with Gasteiger partial charge in [0.15, 0.2) is 0 Å². The maximum Gasteiger partial charge on any atom is 0.341 e. The standard InChI is InChI=1S/C23H20F2N4O3/c1-3-32-23(30)16-9-15-18(10-19(16)31-2)26-13-27-22(15)17-11-29(12-20(24)25)28-21(17)14-7-5-4-6-8-14/h4-11,13,20H,3,12H2,1-2H3. The molecule has 0 N–H and O–H groups in total. The summed E-state index contributed by atoms with van der Waals surface area (Å²) in [6.07, 6.45) is 0.346. The van der Waals surface area contributed by atoms with Crippen LogP contribution in [0.4, 0.5) is 8.78 Å². The van der Waals surface area contributed by atoms with Crippen molar-refractivity contribution < 1.29 is 23.0 Å². The summed E-state index contributed by atoms with van der Waals surface area (Å²) in [5, 5.41) is 4.93. The summed E-state index contributed by atoms with van der Waals surface area (Å²) in [6.45, 7) is 1.37. The Morgan fingerprint density at radius 2 is 1.91 bits per heavy atom. The van der Waals surface area contributed by atoms with Crippen LogP contribution >= 0.6 is 0 Å². The average molecular weight is 438 g/mol. The van der Waals surface area contributed by atoms with E-state index >= 15 is 0 Å². The molecule has 0 fully saturated rings. The summed E-state index contributed by atoms with van der Waals surface area (Å²) in [5.41, 5.74) is 3.01. The highest BCUT2D eigenvalue weighted by Crippen LogP contribution is 2.36. The van der Waals surface area contributed by atoms with Gasteiger partial charge in [0, 0.05) is 28.8 Å². The Bertz CT molecular complexity index is 1260. The van der Waals surface area contributed by atoms with Gasteiger partial charge in [0.05, 0.1) is 24.9 Å². The van der Waals surface area contributed by atoms with Crippen molar-refractivity contribution in [2.24, 2.45) is 0 Å². The van der Waals surface area contributed by atoms with Gasteiger partial charge in [-0.2, -0.15) is 5.10 Å². The lowest BCUT2D eigenvalue weighted by atomic mass is 10.0. The molecule has 0 amide bonds. The van der Waals surface area contributed by atoms with Crippen LogP contribution in [-0.4, -0.2) is 45.9 Å². The van der Waals surface area contributed by atoms with Gasteiger partial charge in [0.1, 0.15) is 29.9 Å². The topological polar surface area (TPSA) is 79.1 Å². The zero-order valence-electron chi connectivity index (χ0n) is 17.5. The van der Waals surface area contributed by atoms with Gasteiger partial charge in [-0.1, -0.05) is 30.3 Å². The van der Waals surface area contributed by atoms with E-state index in [2.05, 4.69) is 15.1 Å². The Morgan fingerprint density at radius 1 is 1.12 bits per heavy atom. The second-order valence-corrected chi connectivity index (χ2v) is 6.88. The summed E-state index contributed by atoms with van der Waals surface area (Å²) < 4.78 is 37.8. The molecule has 0 spiro atoms. The monoisotopic (exact) mass is 438 g/mol. The fraction of sp³-hybridized carbons (Fsp3) is 0.217. The van der Waals surface area contributed by atoms with Crippen molar-refractivity contribution >= 4 is 16.9 Å². The van der Waals surface area contributed by atoms with Crippen LogP contribution in [-0.2, 0) is 11.3 Å². The molecule has 4 rings (SSSR count). The van der Waals surface area contributed by atoms with Gasteiger partial charge in [-0.3, -0.25) is 4.68 Å². The lowest BCUT2D eigenvalue weighted by molar-refractivity contribution is 0.0523. The maximum atomic E-state index is 13.1. The molecule has 0 saturated carbocycles. The predicted octanol–water partition coefficient (Wildman–Crippen LogP) is 4.61. The number of hydrogen-bond acceptors (Lipinski definition) is 6. The number of carbonyl (C=O) groups is 1. The fourth-order valence-electron chi connectivity index (χ4n) is 3.47. The minimum atomic E-state index is -2.56. The summed E-state index contributed by atoms with van der Waals surface area (Å²) in [5.74, 6) is -0.227. The third kappa shape index (κ3) is 4.14. The van der Waals surface area contributed by atoms with Crippen LogP contribution in [0, 0.1) is 0 Å². The number of methoxy groups -OCH3 is 1. The van der Waals surface area contributed by atoms with Gasteiger partial charge in [-0.25, -0.2) is 23.5 Å². The third-order valence-corrected chi connectivity index (χ3v) is 4.84. The van der Waals surface area contributed by atoms with Crippen molar-refractivity contribution in [2.75, 3.05) is 13.7 Å². The van der Waals surface area contributed by atoms with E-state index in [1.54, 1.807) is 19.1 Å². The first-order valence-corrected chi connectivity index (χ1v) is 9.93. The van der Waals surface area contributed by atoms with Crippen LogP contribution < -0.4 is 4.74 Å². The molecule has 0 unspecified atom stereocenters. The lowest BCUT2D eigenvalue weighted by Gasteiger charge is -2.11. The Morgan fingerprint density at radius 3 is 2.59 bits per heavy atom. The van der Waals surface area contributed by atoms with E-state index in [-0.39, 0.29) is 12.2 Å². The SMILES string of the molecule is CCOC(=O)c1cc2c(-c3cn(CC(F)F)nc3-c3ccccc3)ncnc2cc1OC. The fourth-order valence-corrected chi connectivity index (χ4v) is 3.47. The van der Waals surface area contributed by atoms with E-state index in [0.717, 1.165) is 5.56 Å². The molecule has 2 heterocycles. The quantitative estimate of drug-likeness (QED) is 0.392. The Hall–Kier alpha value is -3.88. The number of aromatic nitrogens is 4. The zero-order valence-corrected chi connectivity index (χ0v) is 17.5. The first kappa shape index (κ1) is 21.4. The Kier molecular flexibility index (Phi) is 6.07. The van der Waals surface area contributed by atoms with Crippen LogP contribution in [0.15, 0.2) is 55.0 Å². The molecular weight excluding hydrogens is 418 g/mol. The van der Waals surface area contributed by atoms with Crippen LogP contribution in [0.3, 0.4) is 0 Å². The molecule has 2 aromatic carbocycles. The number of ether oxygens (including phenoxy) is 2. The number of nitrogens with zero attached hydrogens (tertiary/aromatic N) is 4. The van der Waals surface area contributed by atoms with Crippen molar-refractivity contribution in [3.8, 4) is 28.3 Å². The highest BCUT2D eigenvalue weighted by molar-refractivity contribution is 6.02. The van der Waals surface area contributed by atoms with Crippen molar-refractivity contribution in [3.05, 3.63) is 60.6 Å². The lowest BCUT2D eigenvalue weighted by Crippen LogP contribution is -2.07. The molecule has 9 heteroatoms. The molecule has 0 aliphatic carbocycles.